The van der Waals surface area contributed by atoms with Crippen LogP contribution >= 0.6 is 7.82 Å². The van der Waals surface area contributed by atoms with Gasteiger partial charge in [-0.3, -0.25) is 18.9 Å². The SMILES string of the molecule is CCCCCCCCCCC[C@H](CC(=O)NC1CC(NC(=O)C[C@@H](CCCCCCCCCCC)OCCCCCCCCCC)[C@H](OP(=O)(O)O)C(CO)O[C@H]1OC[C@H](NC(=O)C[C@@H](CCCCCCCCCCC)OCCCCCCCCCC)C(=O)O)OCCCCCCCCCC. The number of carbonyl (C=O) groups excluding carboxylic acids is 3. The van der Waals surface area contributed by atoms with Gasteiger partial charge in [-0.2, -0.15) is 0 Å². The van der Waals surface area contributed by atoms with Crippen LogP contribution in [0.3, 0.4) is 0 Å². The van der Waals surface area contributed by atoms with E-state index in [1.807, 2.05) is 0 Å². The lowest BCUT2D eigenvalue weighted by Gasteiger charge is -2.31. The number of phosphoric ester groups is 1. The average Bonchev–Trinajstić information content (AvgIpc) is 1.71. The molecule has 0 aromatic rings. The average molecular weight is 1460 g/mol. The molecule has 9 atom stereocenters. The van der Waals surface area contributed by atoms with Gasteiger partial charge in [-0.25, -0.2) is 9.36 Å². The summed E-state index contributed by atoms with van der Waals surface area (Å²) in [5, 5.41) is 30.6. The molecule has 1 saturated heterocycles. The summed E-state index contributed by atoms with van der Waals surface area (Å²) in [6.07, 6.45) is 53.5. The van der Waals surface area contributed by atoms with Gasteiger partial charge < -0.3 is 59.6 Å². The lowest BCUT2D eigenvalue weighted by atomic mass is 9.98. The molecule has 0 aliphatic carbocycles. The molecule has 1 fully saturated rings. The Balaban J connectivity index is 3.70. The van der Waals surface area contributed by atoms with Gasteiger partial charge in [0, 0.05) is 19.8 Å². The Kier molecular flexibility index (Phi) is 66.6. The van der Waals surface area contributed by atoms with Gasteiger partial charge in [0.05, 0.1) is 62.9 Å². The van der Waals surface area contributed by atoms with E-state index in [-0.39, 0.29) is 25.7 Å². The fourth-order valence-corrected chi connectivity index (χ4v) is 14.6. The van der Waals surface area contributed by atoms with Crippen molar-refractivity contribution in [3.05, 3.63) is 0 Å². The molecule has 1 rings (SSSR count). The summed E-state index contributed by atoms with van der Waals surface area (Å²) in [4.78, 5) is 77.6. The molecule has 19 heteroatoms. The second-order valence-electron chi connectivity index (χ2n) is 30.0. The van der Waals surface area contributed by atoms with Crippen LogP contribution in [-0.4, -0.2) is 132 Å². The second-order valence-corrected chi connectivity index (χ2v) is 31.2. The van der Waals surface area contributed by atoms with Crippen LogP contribution in [0, 0.1) is 0 Å². The normalized spacial score (nSPS) is 17.7. The van der Waals surface area contributed by atoms with E-state index in [0.717, 1.165) is 135 Å². The highest BCUT2D eigenvalue weighted by Crippen LogP contribution is 2.41. The smallest absolute Gasteiger partial charge is 0.470 e. The number of ether oxygens (including phenoxy) is 5. The predicted octanol–water partition coefficient (Wildman–Crippen LogP) is 20.6. The number of aliphatic hydroxyl groups is 1. The highest BCUT2D eigenvalue weighted by molar-refractivity contribution is 7.46. The van der Waals surface area contributed by atoms with Crippen LogP contribution in [0.4, 0.5) is 0 Å². The fourth-order valence-electron chi connectivity index (χ4n) is 14.0. The van der Waals surface area contributed by atoms with Crippen molar-refractivity contribution in [1.82, 2.24) is 16.0 Å². The number of aliphatic carboxylic acids is 1. The molecule has 0 saturated carbocycles. The number of hydrogen-bond donors (Lipinski definition) is 7. The first kappa shape index (κ1) is 96.8. The van der Waals surface area contributed by atoms with Gasteiger partial charge in [-0.05, 0) is 44.9 Å². The van der Waals surface area contributed by atoms with Crippen LogP contribution in [0.1, 0.15) is 414 Å². The van der Waals surface area contributed by atoms with Crippen molar-refractivity contribution < 1.29 is 72.0 Å². The summed E-state index contributed by atoms with van der Waals surface area (Å²) in [7, 11) is -5.37. The largest absolute Gasteiger partial charge is 0.480 e. The quantitative estimate of drug-likeness (QED) is 0.0221. The van der Waals surface area contributed by atoms with Gasteiger partial charge in [0.15, 0.2) is 12.3 Å². The maximum absolute atomic E-state index is 14.8. The maximum Gasteiger partial charge on any atom is 0.470 e. The monoisotopic (exact) mass is 1460 g/mol. The molecule has 0 spiro atoms. The molecular weight excluding hydrogens is 1300 g/mol. The molecule has 0 aromatic carbocycles. The molecule has 0 bridgehead atoms. The Morgan fingerprint density at radius 1 is 0.406 bits per heavy atom. The van der Waals surface area contributed by atoms with Crippen molar-refractivity contribution in [3.8, 4) is 0 Å². The van der Waals surface area contributed by atoms with E-state index >= 15 is 0 Å². The minimum atomic E-state index is -5.37. The number of carbonyl (C=O) groups is 4. The van der Waals surface area contributed by atoms with Crippen LogP contribution in [0.5, 0.6) is 0 Å². The fraction of sp³-hybridized carbons (Fsp3) is 0.951. The summed E-state index contributed by atoms with van der Waals surface area (Å²) in [5.74, 6) is -2.83. The zero-order chi connectivity index (χ0) is 73.9. The Bertz CT molecular complexity index is 1870. The summed E-state index contributed by atoms with van der Waals surface area (Å²) in [6, 6.07) is -4.09. The van der Waals surface area contributed by atoms with E-state index in [1.165, 1.54) is 193 Å². The second kappa shape index (κ2) is 69.5. The highest BCUT2D eigenvalue weighted by atomic mass is 31.2. The van der Waals surface area contributed by atoms with Crippen molar-refractivity contribution in [2.75, 3.05) is 33.0 Å². The third-order valence-corrected chi connectivity index (χ3v) is 20.8. The predicted molar refractivity (Wildman–Crippen MR) is 413 cm³/mol. The molecule has 3 unspecified atom stereocenters. The number of rotatable bonds is 76. The van der Waals surface area contributed by atoms with Gasteiger partial charge in [-0.1, -0.05) is 350 Å². The molecule has 598 valence electrons. The number of carboxylic acid groups (broad SMARTS) is 1. The number of phosphoric acid groups is 1. The Labute approximate surface area is 618 Å². The molecule has 1 heterocycles. The Hall–Kier alpha value is -2.25. The van der Waals surface area contributed by atoms with Crippen molar-refractivity contribution in [3.63, 3.8) is 0 Å². The number of nitrogens with one attached hydrogen (secondary N) is 3. The van der Waals surface area contributed by atoms with E-state index < -0.39 is 99.7 Å². The van der Waals surface area contributed by atoms with Crippen molar-refractivity contribution in [1.29, 1.82) is 0 Å². The third-order valence-electron chi connectivity index (χ3n) is 20.3. The minimum absolute atomic E-state index is 0.0357. The van der Waals surface area contributed by atoms with E-state index in [9.17, 15) is 43.7 Å². The van der Waals surface area contributed by atoms with Crippen LogP contribution in [0.2, 0.25) is 0 Å². The van der Waals surface area contributed by atoms with Crippen LogP contribution in [-0.2, 0) is 52.0 Å². The maximum atomic E-state index is 14.8. The number of unbranched alkanes of at least 4 members (excludes halogenated alkanes) is 45. The number of amides is 3. The van der Waals surface area contributed by atoms with E-state index in [2.05, 4.69) is 57.5 Å². The zero-order valence-corrected chi connectivity index (χ0v) is 66.9. The number of aliphatic hydroxyl groups excluding tert-OH is 1. The van der Waals surface area contributed by atoms with E-state index in [1.54, 1.807) is 0 Å². The Morgan fingerprint density at radius 2 is 0.683 bits per heavy atom. The van der Waals surface area contributed by atoms with Crippen molar-refractivity contribution >= 4 is 31.5 Å². The van der Waals surface area contributed by atoms with E-state index in [4.69, 9.17) is 28.2 Å². The van der Waals surface area contributed by atoms with Crippen molar-refractivity contribution in [2.24, 2.45) is 0 Å². The summed E-state index contributed by atoms with van der Waals surface area (Å²) >= 11 is 0. The van der Waals surface area contributed by atoms with Gasteiger partial charge in [0.2, 0.25) is 17.7 Å². The topological polar surface area (TPSA) is 258 Å². The molecule has 101 heavy (non-hydrogen) atoms. The molecule has 1 aliphatic heterocycles. The molecule has 7 N–H and O–H groups in total. The standard InChI is InChI=1S/C82H160N3O15P/c1-7-13-19-25-31-37-40-46-52-58-70(95-61-55-49-43-34-28-22-16-10-4)64-77(87)83-73-67-74(84-78(88)65-71(59-53-47-41-38-32-26-20-14-8-2)96-62-56-50-44-35-29-23-17-11-5)82(99-76(68-86)80(73)100-101(92,93)94)98-69-75(81(90)91)85-79(89)66-72(60-54-48-42-39-33-27-21-15-9-3)97-63-57-51-45-36-30-24-18-12-6/h70-76,80,82,86H,7-69H2,1-6H3,(H,83,87)(H,84,88)(H,85,89)(H,90,91)(H2,92,93,94)/t70-,71-,72-,73?,74?,75+,76?,80+,82-/m1/s1. The van der Waals surface area contributed by atoms with Gasteiger partial charge >= 0.3 is 13.8 Å². The van der Waals surface area contributed by atoms with Crippen LogP contribution < -0.4 is 16.0 Å². The lowest BCUT2D eigenvalue weighted by Crippen LogP contribution is -2.52. The molecule has 0 aromatic heterocycles. The molecule has 0 radical (unpaired) electrons. The summed E-state index contributed by atoms with van der Waals surface area (Å²) < 4.78 is 50.7. The lowest BCUT2D eigenvalue weighted by molar-refractivity contribution is -0.205. The molecule has 18 nitrogen and oxygen atoms in total. The summed E-state index contributed by atoms with van der Waals surface area (Å²) in [5.41, 5.74) is 0. The first-order valence-electron chi connectivity index (χ1n) is 42.7. The molecule has 3 amide bonds. The van der Waals surface area contributed by atoms with Gasteiger partial charge in [0.25, 0.3) is 0 Å². The number of hydrogen-bond acceptors (Lipinski definition) is 12. The third kappa shape index (κ3) is 58.5. The zero-order valence-electron chi connectivity index (χ0n) is 66.0. The molecule has 1 aliphatic rings. The highest BCUT2D eigenvalue weighted by Gasteiger charge is 2.46. The van der Waals surface area contributed by atoms with Crippen LogP contribution in [0.25, 0.3) is 0 Å². The van der Waals surface area contributed by atoms with E-state index in [0.29, 0.717) is 39.1 Å². The first-order chi connectivity index (χ1) is 49.1. The first-order valence-corrected chi connectivity index (χ1v) is 44.2. The minimum Gasteiger partial charge on any atom is -0.480 e. The summed E-state index contributed by atoms with van der Waals surface area (Å²) in [6.45, 7) is 13.3. The van der Waals surface area contributed by atoms with Crippen molar-refractivity contribution in [2.45, 2.75) is 469 Å². The Morgan fingerprint density at radius 3 is 0.970 bits per heavy atom. The molecular formula is C82H160N3O15P. The number of carboxylic acids is 1. The van der Waals surface area contributed by atoms with Crippen LogP contribution in [0.15, 0.2) is 0 Å². The van der Waals surface area contributed by atoms with Gasteiger partial charge in [0.1, 0.15) is 12.2 Å². The van der Waals surface area contributed by atoms with Gasteiger partial charge in [-0.15, -0.1) is 0 Å².